The summed E-state index contributed by atoms with van der Waals surface area (Å²) in [4.78, 5) is 0. The van der Waals surface area contributed by atoms with E-state index >= 15 is 0 Å². The van der Waals surface area contributed by atoms with E-state index in [0.29, 0.717) is 0 Å². The molecule has 2 heteroatoms. The van der Waals surface area contributed by atoms with Crippen LogP contribution in [0.2, 0.25) is 0 Å². The molecule has 0 radical (unpaired) electrons. The van der Waals surface area contributed by atoms with E-state index in [2.05, 4.69) is 40.1 Å². The van der Waals surface area contributed by atoms with Crippen molar-refractivity contribution in [1.29, 1.82) is 0 Å². The van der Waals surface area contributed by atoms with Gasteiger partial charge in [-0.2, -0.15) is 0 Å². The third-order valence-corrected chi connectivity index (χ3v) is 2.53. The predicted octanol–water partition coefficient (Wildman–Crippen LogP) is 2.67. The van der Waals surface area contributed by atoms with Crippen molar-refractivity contribution in [3.05, 3.63) is 41.8 Å². The standard InChI is InChI=1S/C9H9NS/c1-2-5-9(6-3-1)10-7-4-8-11-10/h1-6,8H,7H2. The molecule has 0 saturated carbocycles. The van der Waals surface area contributed by atoms with E-state index in [1.165, 1.54) is 5.69 Å². The SMILES string of the molecule is C1=CSN(c2ccccc2)C1. The Morgan fingerprint density at radius 2 is 2.00 bits per heavy atom. The topological polar surface area (TPSA) is 3.24 Å². The molecular formula is C9H9NS. The van der Waals surface area contributed by atoms with Gasteiger partial charge in [-0.05, 0) is 29.5 Å². The molecule has 0 aliphatic carbocycles. The number of hydrogen-bond donors (Lipinski definition) is 0. The number of nitrogens with zero attached hydrogens (tertiary/aromatic N) is 1. The van der Waals surface area contributed by atoms with Gasteiger partial charge in [0.15, 0.2) is 0 Å². The molecular weight excluding hydrogens is 154 g/mol. The normalized spacial score (nSPS) is 15.8. The van der Waals surface area contributed by atoms with Crippen molar-refractivity contribution in [2.75, 3.05) is 10.8 Å². The van der Waals surface area contributed by atoms with Crippen LogP contribution in [0.5, 0.6) is 0 Å². The van der Waals surface area contributed by atoms with Gasteiger partial charge in [0.1, 0.15) is 0 Å². The molecule has 1 nitrogen and oxygen atoms in total. The van der Waals surface area contributed by atoms with Crippen molar-refractivity contribution in [3.8, 4) is 0 Å². The van der Waals surface area contributed by atoms with Crippen LogP contribution in [0, 0.1) is 0 Å². The van der Waals surface area contributed by atoms with E-state index in [9.17, 15) is 0 Å². The van der Waals surface area contributed by atoms with E-state index in [0.717, 1.165) is 6.54 Å². The van der Waals surface area contributed by atoms with Crippen molar-refractivity contribution in [3.63, 3.8) is 0 Å². The molecule has 0 atom stereocenters. The average Bonchev–Trinajstić information content (AvgIpc) is 2.58. The van der Waals surface area contributed by atoms with Gasteiger partial charge in [-0.1, -0.05) is 24.3 Å². The lowest BCUT2D eigenvalue weighted by Crippen LogP contribution is -2.08. The van der Waals surface area contributed by atoms with E-state index in [1.807, 2.05) is 6.07 Å². The van der Waals surface area contributed by atoms with Gasteiger partial charge in [-0.25, -0.2) is 0 Å². The van der Waals surface area contributed by atoms with Crippen LogP contribution in [0.4, 0.5) is 5.69 Å². The van der Waals surface area contributed by atoms with Crippen LogP contribution < -0.4 is 4.31 Å². The fraction of sp³-hybridized carbons (Fsp3) is 0.111. The molecule has 0 unspecified atom stereocenters. The van der Waals surface area contributed by atoms with Crippen LogP contribution in [0.1, 0.15) is 0 Å². The molecule has 0 N–H and O–H groups in total. The van der Waals surface area contributed by atoms with Crippen molar-refractivity contribution in [1.82, 2.24) is 0 Å². The van der Waals surface area contributed by atoms with Crippen LogP contribution in [-0.2, 0) is 0 Å². The molecule has 0 amide bonds. The second-order valence-electron chi connectivity index (χ2n) is 2.37. The molecule has 0 bridgehead atoms. The smallest absolute Gasteiger partial charge is 0.0488 e. The third kappa shape index (κ3) is 1.40. The second kappa shape index (κ2) is 3.01. The largest absolute Gasteiger partial charge is 0.309 e. The van der Waals surface area contributed by atoms with Gasteiger partial charge in [-0.3, -0.25) is 0 Å². The number of anilines is 1. The monoisotopic (exact) mass is 163 g/mol. The van der Waals surface area contributed by atoms with Gasteiger partial charge in [0.05, 0.1) is 0 Å². The molecule has 11 heavy (non-hydrogen) atoms. The van der Waals surface area contributed by atoms with E-state index in [1.54, 1.807) is 11.9 Å². The van der Waals surface area contributed by atoms with Crippen molar-refractivity contribution < 1.29 is 0 Å². The summed E-state index contributed by atoms with van der Waals surface area (Å²) in [7, 11) is 0. The van der Waals surface area contributed by atoms with Crippen molar-refractivity contribution in [2.24, 2.45) is 0 Å². The summed E-state index contributed by atoms with van der Waals surface area (Å²) < 4.78 is 2.25. The number of para-hydroxylation sites is 1. The fourth-order valence-corrected chi connectivity index (χ4v) is 1.79. The zero-order valence-electron chi connectivity index (χ0n) is 6.10. The number of hydrogen-bond acceptors (Lipinski definition) is 2. The zero-order chi connectivity index (χ0) is 7.52. The highest BCUT2D eigenvalue weighted by molar-refractivity contribution is 8.03. The molecule has 2 rings (SSSR count). The highest BCUT2D eigenvalue weighted by Crippen LogP contribution is 2.26. The van der Waals surface area contributed by atoms with Crippen LogP contribution in [0.15, 0.2) is 41.8 Å². The first kappa shape index (κ1) is 6.80. The molecule has 1 heterocycles. The van der Waals surface area contributed by atoms with Crippen LogP contribution >= 0.6 is 11.9 Å². The Morgan fingerprint density at radius 3 is 2.64 bits per heavy atom. The maximum atomic E-state index is 2.25. The summed E-state index contributed by atoms with van der Waals surface area (Å²) in [5.41, 5.74) is 1.28. The number of rotatable bonds is 1. The molecule has 0 fully saturated rings. The van der Waals surface area contributed by atoms with E-state index in [4.69, 9.17) is 0 Å². The van der Waals surface area contributed by atoms with Gasteiger partial charge in [0.2, 0.25) is 0 Å². The molecule has 1 aromatic rings. The molecule has 1 aliphatic heterocycles. The summed E-state index contributed by atoms with van der Waals surface area (Å²) in [6.45, 7) is 1.02. The molecule has 0 spiro atoms. The first-order valence-corrected chi connectivity index (χ1v) is 4.45. The lowest BCUT2D eigenvalue weighted by Gasteiger charge is -2.14. The first-order chi connectivity index (χ1) is 5.47. The van der Waals surface area contributed by atoms with Crippen LogP contribution in [0.3, 0.4) is 0 Å². The Hall–Kier alpha value is -0.890. The van der Waals surface area contributed by atoms with Gasteiger partial charge < -0.3 is 4.31 Å². The fourth-order valence-electron chi connectivity index (χ4n) is 1.06. The Morgan fingerprint density at radius 1 is 1.18 bits per heavy atom. The molecule has 0 aromatic heterocycles. The maximum absolute atomic E-state index is 2.25. The average molecular weight is 163 g/mol. The molecule has 56 valence electrons. The van der Waals surface area contributed by atoms with Gasteiger partial charge in [-0.15, -0.1) is 0 Å². The predicted molar refractivity (Wildman–Crippen MR) is 50.5 cm³/mol. The summed E-state index contributed by atoms with van der Waals surface area (Å²) in [6, 6.07) is 10.4. The Kier molecular flexibility index (Phi) is 1.86. The lowest BCUT2D eigenvalue weighted by molar-refractivity contribution is 1.24. The quantitative estimate of drug-likeness (QED) is 0.585. The minimum Gasteiger partial charge on any atom is -0.309 e. The van der Waals surface area contributed by atoms with E-state index in [-0.39, 0.29) is 0 Å². The Bertz CT molecular complexity index is 248. The minimum absolute atomic E-state index is 1.02. The minimum atomic E-state index is 1.02. The third-order valence-electron chi connectivity index (χ3n) is 1.60. The highest BCUT2D eigenvalue weighted by Gasteiger charge is 2.06. The summed E-state index contributed by atoms with van der Waals surface area (Å²) in [5.74, 6) is 0. The van der Waals surface area contributed by atoms with Crippen molar-refractivity contribution >= 4 is 17.6 Å². The van der Waals surface area contributed by atoms with Gasteiger partial charge >= 0.3 is 0 Å². The summed E-state index contributed by atoms with van der Waals surface area (Å²) in [6.07, 6.45) is 2.16. The van der Waals surface area contributed by atoms with Gasteiger partial charge in [0.25, 0.3) is 0 Å². The molecule has 1 aliphatic rings. The zero-order valence-corrected chi connectivity index (χ0v) is 6.92. The summed E-state index contributed by atoms with van der Waals surface area (Å²) >= 11 is 1.75. The lowest BCUT2D eigenvalue weighted by atomic mass is 10.3. The maximum Gasteiger partial charge on any atom is 0.0488 e. The van der Waals surface area contributed by atoms with E-state index < -0.39 is 0 Å². The van der Waals surface area contributed by atoms with Crippen molar-refractivity contribution in [2.45, 2.75) is 0 Å². The second-order valence-corrected chi connectivity index (χ2v) is 3.30. The van der Waals surface area contributed by atoms with Crippen LogP contribution in [-0.4, -0.2) is 6.54 Å². The summed E-state index contributed by atoms with van der Waals surface area (Å²) in [5, 5.41) is 2.12. The van der Waals surface area contributed by atoms with Gasteiger partial charge in [0, 0.05) is 12.2 Å². The Labute approximate surface area is 70.8 Å². The highest BCUT2D eigenvalue weighted by atomic mass is 32.2. The molecule has 0 saturated heterocycles. The molecule has 1 aromatic carbocycles. The first-order valence-electron chi connectivity index (χ1n) is 3.61. The van der Waals surface area contributed by atoms with Crippen LogP contribution in [0.25, 0.3) is 0 Å². The number of benzene rings is 1. The Balaban J connectivity index is 2.17.